The van der Waals surface area contributed by atoms with Gasteiger partial charge in [0.05, 0.1) is 6.54 Å². The van der Waals surface area contributed by atoms with Gasteiger partial charge in [-0.1, -0.05) is 51.0 Å². The predicted octanol–water partition coefficient (Wildman–Crippen LogP) is 3.81. The van der Waals surface area contributed by atoms with Gasteiger partial charge >= 0.3 is 0 Å². The fraction of sp³-hybridized carbons (Fsp3) is 0.643. The van der Waals surface area contributed by atoms with Gasteiger partial charge in [0.1, 0.15) is 0 Å². The quantitative estimate of drug-likeness (QED) is 0.292. The maximum absolute atomic E-state index is 11.2. The molecule has 0 atom stereocenters. The van der Waals surface area contributed by atoms with E-state index >= 15 is 0 Å². The summed E-state index contributed by atoms with van der Waals surface area (Å²) in [6, 6.07) is 0. The van der Waals surface area contributed by atoms with Gasteiger partial charge in [0.15, 0.2) is 0 Å². The largest absolute Gasteiger partial charge is 0.342 e. The second-order valence-corrected chi connectivity index (χ2v) is 4.49. The second-order valence-electron chi connectivity index (χ2n) is 3.95. The lowest BCUT2D eigenvalue weighted by Crippen LogP contribution is -2.20. The van der Waals surface area contributed by atoms with Crippen LogP contribution in [-0.2, 0) is 4.79 Å². The van der Waals surface area contributed by atoms with Crippen molar-refractivity contribution < 1.29 is 4.79 Å². The lowest BCUT2D eigenvalue weighted by atomic mass is 10.1. The number of halogens is 1. The number of amides is 1. The molecule has 96 valence electrons. The highest BCUT2D eigenvalue weighted by atomic mass is 127. The van der Waals surface area contributed by atoms with E-state index in [2.05, 4.69) is 22.1 Å². The number of hydrogen-bond acceptors (Lipinski definition) is 1. The van der Waals surface area contributed by atoms with Crippen molar-refractivity contribution in [1.82, 2.24) is 5.32 Å². The Kier molecular flexibility index (Phi) is 13.2. The van der Waals surface area contributed by atoms with Gasteiger partial charge in [0.25, 0.3) is 0 Å². The summed E-state index contributed by atoms with van der Waals surface area (Å²) in [5, 5.41) is 2.70. The maximum Gasteiger partial charge on any atom is 0.244 e. The number of carbonyl (C=O) groups is 1. The molecule has 2 nitrogen and oxygen atoms in total. The standard InChI is InChI=1S/C14H22INO/c1-2-3-4-5-6-7-8-9-11-14(17)16-13-10-12-15/h9,11H,2-8,13H2,1H3,(H,16,17). The molecule has 1 N–H and O–H groups in total. The van der Waals surface area contributed by atoms with Gasteiger partial charge in [0.2, 0.25) is 5.91 Å². The van der Waals surface area contributed by atoms with Crippen LogP contribution < -0.4 is 5.32 Å². The van der Waals surface area contributed by atoms with Crippen LogP contribution in [0.5, 0.6) is 0 Å². The molecule has 0 radical (unpaired) electrons. The number of unbranched alkanes of at least 4 members (excludes halogenated alkanes) is 6. The van der Waals surface area contributed by atoms with Crippen molar-refractivity contribution >= 4 is 28.5 Å². The Hall–Kier alpha value is -0.500. The summed E-state index contributed by atoms with van der Waals surface area (Å²) < 4.78 is 2.70. The highest BCUT2D eigenvalue weighted by Crippen LogP contribution is 2.06. The van der Waals surface area contributed by atoms with Crippen LogP contribution in [0, 0.1) is 9.85 Å². The Balaban J connectivity index is 3.33. The zero-order valence-corrected chi connectivity index (χ0v) is 12.8. The molecule has 0 aromatic carbocycles. The molecular formula is C14H22INO. The molecule has 0 aromatic rings. The molecule has 3 heteroatoms. The zero-order chi connectivity index (χ0) is 12.8. The molecule has 0 aromatic heterocycles. The molecule has 0 spiro atoms. The summed E-state index contributed by atoms with van der Waals surface area (Å²) in [4.78, 5) is 11.2. The first-order chi connectivity index (χ1) is 8.31. The van der Waals surface area contributed by atoms with Crippen LogP contribution in [0.2, 0.25) is 0 Å². The number of hydrogen-bond donors (Lipinski definition) is 1. The van der Waals surface area contributed by atoms with Crippen molar-refractivity contribution in [3.8, 4) is 9.85 Å². The van der Waals surface area contributed by atoms with Gasteiger partial charge in [-0.25, -0.2) is 0 Å². The van der Waals surface area contributed by atoms with Crippen molar-refractivity contribution in [3.05, 3.63) is 12.2 Å². The lowest BCUT2D eigenvalue weighted by Gasteiger charge is -1.98. The van der Waals surface area contributed by atoms with Gasteiger partial charge in [-0.2, -0.15) is 0 Å². The van der Waals surface area contributed by atoms with E-state index in [1.807, 2.05) is 28.7 Å². The van der Waals surface area contributed by atoms with E-state index < -0.39 is 0 Å². The summed E-state index contributed by atoms with van der Waals surface area (Å²) in [5.74, 6) is 2.73. The minimum atomic E-state index is -0.0462. The number of carbonyl (C=O) groups excluding carboxylic acids is 1. The Morgan fingerprint density at radius 1 is 1.24 bits per heavy atom. The van der Waals surface area contributed by atoms with Gasteiger partial charge in [-0.3, -0.25) is 4.79 Å². The smallest absolute Gasteiger partial charge is 0.244 e. The summed E-state index contributed by atoms with van der Waals surface area (Å²) in [6.07, 6.45) is 12.3. The van der Waals surface area contributed by atoms with E-state index in [0.29, 0.717) is 6.54 Å². The summed E-state index contributed by atoms with van der Waals surface area (Å²) in [7, 11) is 0. The molecular weight excluding hydrogens is 325 g/mol. The third kappa shape index (κ3) is 13.4. The highest BCUT2D eigenvalue weighted by molar-refractivity contribution is 14.1. The second kappa shape index (κ2) is 13.6. The summed E-state index contributed by atoms with van der Waals surface area (Å²) in [6.45, 7) is 2.66. The van der Waals surface area contributed by atoms with E-state index in [-0.39, 0.29) is 5.91 Å². The van der Waals surface area contributed by atoms with Crippen molar-refractivity contribution in [3.63, 3.8) is 0 Å². The molecule has 0 rings (SSSR count). The van der Waals surface area contributed by atoms with Gasteiger partial charge in [0, 0.05) is 22.6 Å². The van der Waals surface area contributed by atoms with Crippen molar-refractivity contribution in [2.45, 2.75) is 51.9 Å². The SMILES string of the molecule is CCCCCCCCC=CC(=O)NCC#CI. The van der Waals surface area contributed by atoms with Crippen LogP contribution in [0.3, 0.4) is 0 Å². The van der Waals surface area contributed by atoms with Crippen LogP contribution in [-0.4, -0.2) is 12.5 Å². The van der Waals surface area contributed by atoms with Crippen molar-refractivity contribution in [2.24, 2.45) is 0 Å². The molecule has 0 saturated heterocycles. The Morgan fingerprint density at radius 3 is 2.65 bits per heavy atom. The molecule has 0 saturated carbocycles. The first-order valence-corrected chi connectivity index (χ1v) is 7.42. The van der Waals surface area contributed by atoms with E-state index in [4.69, 9.17) is 0 Å². The number of nitrogens with one attached hydrogen (secondary N) is 1. The molecule has 0 heterocycles. The first kappa shape index (κ1) is 16.5. The zero-order valence-electron chi connectivity index (χ0n) is 10.6. The summed E-state index contributed by atoms with van der Waals surface area (Å²) in [5.41, 5.74) is 0. The molecule has 0 aliphatic rings. The predicted molar refractivity (Wildman–Crippen MR) is 81.9 cm³/mol. The maximum atomic E-state index is 11.2. The average Bonchev–Trinajstić information content (AvgIpc) is 2.33. The molecule has 0 unspecified atom stereocenters. The molecule has 0 aliphatic carbocycles. The molecule has 1 amide bonds. The minimum Gasteiger partial charge on any atom is -0.342 e. The van der Waals surface area contributed by atoms with Crippen LogP contribution in [0.1, 0.15) is 51.9 Å². The minimum absolute atomic E-state index is 0.0462. The van der Waals surface area contributed by atoms with Crippen LogP contribution in [0.15, 0.2) is 12.2 Å². The summed E-state index contributed by atoms with van der Waals surface area (Å²) >= 11 is 1.96. The fourth-order valence-electron chi connectivity index (χ4n) is 1.46. The molecule has 0 fully saturated rings. The Bertz CT molecular complexity index is 276. The monoisotopic (exact) mass is 347 g/mol. The number of rotatable bonds is 9. The first-order valence-electron chi connectivity index (χ1n) is 6.34. The van der Waals surface area contributed by atoms with E-state index in [1.54, 1.807) is 6.08 Å². The van der Waals surface area contributed by atoms with Crippen LogP contribution in [0.25, 0.3) is 0 Å². The van der Waals surface area contributed by atoms with Gasteiger partial charge in [-0.15, -0.1) is 0 Å². The average molecular weight is 347 g/mol. The van der Waals surface area contributed by atoms with Crippen molar-refractivity contribution in [1.29, 1.82) is 0 Å². The fourth-order valence-corrected chi connectivity index (χ4v) is 1.65. The van der Waals surface area contributed by atoms with Gasteiger partial charge < -0.3 is 5.32 Å². The third-order valence-corrected chi connectivity index (χ3v) is 2.79. The third-order valence-electron chi connectivity index (χ3n) is 2.41. The number of allylic oxidation sites excluding steroid dienone is 1. The van der Waals surface area contributed by atoms with E-state index in [0.717, 1.165) is 6.42 Å². The van der Waals surface area contributed by atoms with Crippen molar-refractivity contribution in [2.75, 3.05) is 6.54 Å². The topological polar surface area (TPSA) is 29.1 Å². The lowest BCUT2D eigenvalue weighted by molar-refractivity contribution is -0.116. The Morgan fingerprint density at radius 2 is 1.94 bits per heavy atom. The highest BCUT2D eigenvalue weighted by Gasteiger charge is 1.91. The molecule has 0 bridgehead atoms. The Labute approximate surface area is 119 Å². The molecule has 0 aliphatic heterocycles. The van der Waals surface area contributed by atoms with Crippen LogP contribution >= 0.6 is 22.6 Å². The van der Waals surface area contributed by atoms with E-state index in [1.165, 1.54) is 38.5 Å². The van der Waals surface area contributed by atoms with E-state index in [9.17, 15) is 4.79 Å². The van der Waals surface area contributed by atoms with Crippen LogP contribution in [0.4, 0.5) is 0 Å². The molecule has 17 heavy (non-hydrogen) atoms. The van der Waals surface area contributed by atoms with Gasteiger partial charge in [-0.05, 0) is 22.8 Å². The normalized spacial score (nSPS) is 10.0.